The molecule has 0 amide bonds. The summed E-state index contributed by atoms with van der Waals surface area (Å²) in [6.07, 6.45) is 36.0. The van der Waals surface area contributed by atoms with Crippen molar-refractivity contribution in [2.75, 3.05) is 26.4 Å². The summed E-state index contributed by atoms with van der Waals surface area (Å²) in [6, 6.07) is 2.04. The third-order valence-corrected chi connectivity index (χ3v) is 18.3. The average molecular weight is 1850 g/mol. The minimum absolute atomic E-state index is 0.00270. The van der Waals surface area contributed by atoms with Gasteiger partial charge in [0.15, 0.2) is 18.2 Å². The van der Waals surface area contributed by atoms with Gasteiger partial charge in [-0.3, -0.25) is 86.3 Å². The number of terminal acetylenes is 1. The highest BCUT2D eigenvalue weighted by Crippen LogP contribution is 2.15. The van der Waals surface area contributed by atoms with Crippen molar-refractivity contribution in [3.8, 4) is 12.3 Å². The first-order valence-corrected chi connectivity index (χ1v) is 44.1. The van der Waals surface area contributed by atoms with Crippen LogP contribution >= 0.6 is 0 Å². The molecule has 0 aliphatic carbocycles. The second-order valence-electron chi connectivity index (χ2n) is 30.1. The van der Waals surface area contributed by atoms with E-state index in [0.717, 1.165) is 103 Å². The molecular weight excluding hydrogens is 1700 g/mol. The maximum atomic E-state index is 11.8. The number of carbonyl (C=O) groups excluding carboxylic acids is 10. The first-order chi connectivity index (χ1) is 61.4. The molecule has 740 valence electrons. The van der Waals surface area contributed by atoms with Crippen molar-refractivity contribution in [3.05, 3.63) is 71.6 Å². The van der Waals surface area contributed by atoms with Gasteiger partial charge in [-0.05, 0) is 128 Å². The summed E-state index contributed by atoms with van der Waals surface area (Å²) in [5.41, 5.74) is 51.0. The van der Waals surface area contributed by atoms with Crippen LogP contribution in [-0.2, 0) is 95.7 Å². The number of nitrogens with zero attached hydrogens (tertiary/aromatic N) is 3. The standard InChI is InChI=1S/C15H19NO4.C12H21NO3.C11H21NO4.C11H19NO4.C11H17NO4.C11H21NO3.C10H17NO4.C9H16N4O3/c16-12(15(19)20)9-5-2-6-10-13(17)14(18)11-7-3-1-4-8-11;1-2-3-7-10(14)8-5-4-6-9-11(13)12(15)16;3*1-2-8-16-10(13)7-5-3-4-6-9(12)11(14)15;1-2-6-9(13)7-4-3-5-8-10(12)11(14)15;1-7(12)9(13)6-4-2-3-5-8(11)10(14)15;10-8(9(15)16)5-3-1-2-4-7(14)6-12-13-11/h1,3-4,7-8,12H,2,5-6,9-10,16H2,(H,19,20);2,11H,1,3-9,13H2,(H,15,16);9H,2-8,12H2,1H3,(H,14,15);2,9H,1,3-8,12H2,(H,14,15);1,9H,3-8,12H2,(H,14,15);10H,2-8,12H2,1H3,(H,14,15);8H,2-6,11H2,1H3,(H,14,15);8H,1-6,10H2,(H,15,16)/t12-;11-;3*9-;10-;2*8-/m00000000/s1. The molecule has 0 saturated heterocycles. The first kappa shape index (κ1) is 132. The lowest BCUT2D eigenvalue weighted by Crippen LogP contribution is -2.29. The number of nitrogens with two attached hydrogens (primary N) is 8. The summed E-state index contributed by atoms with van der Waals surface area (Å²) in [5.74, 6) is -7.60. The Morgan fingerprint density at radius 1 is 0.377 bits per heavy atom. The van der Waals surface area contributed by atoms with E-state index < -0.39 is 113 Å². The minimum Gasteiger partial charge on any atom is -0.480 e. The molecule has 8 atom stereocenters. The quantitative estimate of drug-likeness (QED) is 0.00275. The predicted molar refractivity (Wildman–Crippen MR) is 487 cm³/mol. The van der Waals surface area contributed by atoms with Crippen molar-refractivity contribution in [1.82, 2.24) is 0 Å². The second kappa shape index (κ2) is 92.8. The molecule has 0 heterocycles. The zero-order valence-corrected chi connectivity index (χ0v) is 76.4. The van der Waals surface area contributed by atoms with Crippen molar-refractivity contribution in [1.29, 1.82) is 0 Å². The molecule has 0 fully saturated rings. The van der Waals surface area contributed by atoms with Gasteiger partial charge >= 0.3 is 65.7 Å². The smallest absolute Gasteiger partial charge is 0.320 e. The van der Waals surface area contributed by atoms with Crippen LogP contribution in [-0.4, -0.2) is 222 Å². The Kier molecular flexibility index (Phi) is 94.4. The van der Waals surface area contributed by atoms with Crippen molar-refractivity contribution in [2.45, 2.75) is 358 Å². The Bertz CT molecular complexity index is 3450. The highest BCUT2D eigenvalue weighted by Gasteiger charge is 2.20. The molecule has 130 heavy (non-hydrogen) atoms. The van der Waals surface area contributed by atoms with E-state index >= 15 is 0 Å². The summed E-state index contributed by atoms with van der Waals surface area (Å²) < 4.78 is 14.3. The predicted octanol–water partition coefficient (Wildman–Crippen LogP) is 10.0. The number of carbonyl (C=O) groups is 18. The third kappa shape index (κ3) is 96.2. The van der Waals surface area contributed by atoms with Crippen LogP contribution in [0.3, 0.4) is 0 Å². The van der Waals surface area contributed by atoms with E-state index in [4.69, 9.17) is 108 Å². The molecule has 0 saturated carbocycles. The van der Waals surface area contributed by atoms with Crippen LogP contribution in [0, 0.1) is 12.3 Å². The largest absolute Gasteiger partial charge is 0.480 e. The number of hydrogen-bond donors (Lipinski definition) is 16. The molecule has 0 unspecified atom stereocenters. The fourth-order valence-corrected chi connectivity index (χ4v) is 10.4. The number of aliphatic carboxylic acids is 8. The molecule has 1 aromatic carbocycles. The van der Waals surface area contributed by atoms with Crippen LogP contribution in [0.2, 0.25) is 0 Å². The lowest BCUT2D eigenvalue weighted by Gasteiger charge is -2.05. The molecule has 0 aromatic heterocycles. The van der Waals surface area contributed by atoms with Gasteiger partial charge < -0.3 is 101 Å². The van der Waals surface area contributed by atoms with Crippen LogP contribution in [0.5, 0.6) is 0 Å². The lowest BCUT2D eigenvalue weighted by atomic mass is 10.0. The Labute approximate surface area is 763 Å². The van der Waals surface area contributed by atoms with Gasteiger partial charge in [0.2, 0.25) is 11.6 Å². The molecule has 1 rings (SSSR count). The monoisotopic (exact) mass is 1850 g/mol. The molecule has 0 bridgehead atoms. The van der Waals surface area contributed by atoms with E-state index in [1.165, 1.54) is 13.0 Å². The molecule has 0 spiro atoms. The Balaban J connectivity index is -0.000000266. The molecule has 1 aromatic rings. The van der Waals surface area contributed by atoms with Crippen molar-refractivity contribution in [3.63, 3.8) is 0 Å². The number of azide groups is 1. The van der Waals surface area contributed by atoms with Gasteiger partial charge in [-0.15, -0.1) is 13.0 Å². The van der Waals surface area contributed by atoms with Gasteiger partial charge in [-0.25, -0.2) is 0 Å². The lowest BCUT2D eigenvalue weighted by molar-refractivity contribution is -0.144. The fraction of sp³-hybridized carbons (Fsp3) is 0.667. The third-order valence-electron chi connectivity index (χ3n) is 18.3. The number of unbranched alkanes of at least 4 members (excludes halogenated alkanes) is 16. The van der Waals surface area contributed by atoms with Crippen molar-refractivity contribution in [2.24, 2.45) is 51.0 Å². The number of allylic oxidation sites excluding steroid dienone is 1. The molecule has 40 heteroatoms. The van der Waals surface area contributed by atoms with E-state index in [1.807, 2.05) is 13.8 Å². The maximum absolute atomic E-state index is 11.8. The number of rotatable bonds is 71. The second-order valence-corrected chi connectivity index (χ2v) is 30.1. The fourth-order valence-electron chi connectivity index (χ4n) is 10.4. The zero-order chi connectivity index (χ0) is 100. The number of hydrogen-bond acceptors (Lipinski definition) is 30. The van der Waals surface area contributed by atoms with Crippen molar-refractivity contribution >= 4 is 106 Å². The Hall–Kier alpha value is -10.9. The van der Waals surface area contributed by atoms with Gasteiger partial charge in [0.25, 0.3) is 0 Å². The Morgan fingerprint density at radius 3 is 0.938 bits per heavy atom. The number of Topliss-reactive ketones (excluding diaryl/α,β-unsaturated/α-hetero) is 7. The van der Waals surface area contributed by atoms with Gasteiger partial charge in [0, 0.05) is 81.6 Å². The molecule has 40 nitrogen and oxygen atoms in total. The summed E-state index contributed by atoms with van der Waals surface area (Å²) >= 11 is 0. The summed E-state index contributed by atoms with van der Waals surface area (Å²) in [7, 11) is 0. The molecule has 0 aliphatic heterocycles. The number of benzene rings is 1. The van der Waals surface area contributed by atoms with Gasteiger partial charge in [0.1, 0.15) is 72.3 Å². The van der Waals surface area contributed by atoms with Crippen LogP contribution in [0.4, 0.5) is 0 Å². The highest BCUT2D eigenvalue weighted by molar-refractivity contribution is 6.43. The van der Waals surface area contributed by atoms with Gasteiger partial charge in [-0.2, -0.15) is 0 Å². The summed E-state index contributed by atoms with van der Waals surface area (Å²) in [5, 5.41) is 71.3. The highest BCUT2D eigenvalue weighted by atomic mass is 16.5. The van der Waals surface area contributed by atoms with Crippen molar-refractivity contribution < 1.29 is 141 Å². The SMILES string of the molecule is C#CCOC(=O)CCCCC[C@H](N)C(=O)O.C=CCCC(=O)CCCCC[C@H](N)C(=O)O.C=CCOC(=O)CCCCC[C@H](N)C(=O)O.CC(=O)C(=O)CCCCC[C@H](N)C(=O)O.CCCC(=O)CCCCC[C@H](N)C(=O)O.CCCOC(=O)CCCCC[C@H](N)C(=O)O.N[C@@H](CCCCCC(=O)C(=O)c1ccccc1)C(=O)O.[N-]=[N+]=NCC(=O)CCCCC[C@H](N)C(=O)O. The zero-order valence-electron chi connectivity index (χ0n) is 76.4. The number of esters is 3. The van der Waals surface area contributed by atoms with Gasteiger partial charge in [0.05, 0.1) is 13.2 Å². The molecule has 0 aliphatic rings. The normalized spacial score (nSPS) is 11.9. The van der Waals surface area contributed by atoms with E-state index in [0.29, 0.717) is 191 Å². The molecule has 0 radical (unpaired) electrons. The van der Waals surface area contributed by atoms with E-state index in [1.54, 1.807) is 36.4 Å². The van der Waals surface area contributed by atoms with Gasteiger partial charge in [-0.1, -0.05) is 177 Å². The number of carboxylic acid groups (broad SMARTS) is 8. The van der Waals surface area contributed by atoms with Crippen LogP contribution in [0.15, 0.2) is 60.8 Å². The summed E-state index contributed by atoms with van der Waals surface area (Å²) in [4.78, 5) is 197. The maximum Gasteiger partial charge on any atom is 0.320 e. The molecular formula is C90H151N11O29. The van der Waals surface area contributed by atoms with E-state index in [9.17, 15) is 86.3 Å². The number of ether oxygens (including phenoxy) is 3. The minimum atomic E-state index is -1.01. The average Bonchev–Trinajstić information content (AvgIpc) is 0.889. The number of ketones is 7. The molecule has 24 N–H and O–H groups in total. The number of carboxylic acids is 8. The van der Waals surface area contributed by atoms with Crippen LogP contribution in [0.1, 0.15) is 320 Å². The summed E-state index contributed by atoms with van der Waals surface area (Å²) in [6.45, 7) is 12.8. The van der Waals surface area contributed by atoms with Crippen LogP contribution in [0.25, 0.3) is 10.4 Å². The van der Waals surface area contributed by atoms with E-state index in [-0.39, 0.29) is 67.9 Å². The topological polar surface area (TPSA) is 754 Å². The first-order valence-electron chi connectivity index (χ1n) is 44.1. The Morgan fingerprint density at radius 2 is 0.662 bits per heavy atom. The van der Waals surface area contributed by atoms with E-state index in [2.05, 4.69) is 33.8 Å². The van der Waals surface area contributed by atoms with Crippen LogP contribution < -0.4 is 45.9 Å².